The Bertz CT molecular complexity index is 1210. The molecule has 1 amide bonds. The Hall–Kier alpha value is -3.63. The van der Waals surface area contributed by atoms with E-state index < -0.39 is 10.0 Å². The van der Waals surface area contributed by atoms with Gasteiger partial charge in [-0.2, -0.15) is 5.26 Å². The maximum absolute atomic E-state index is 12.6. The van der Waals surface area contributed by atoms with E-state index in [1.54, 1.807) is 55.5 Å². The van der Waals surface area contributed by atoms with Crippen LogP contribution in [0.25, 0.3) is 0 Å². The number of hydrogen-bond donors (Lipinski definition) is 2. The third-order valence-corrected chi connectivity index (χ3v) is 5.97. The van der Waals surface area contributed by atoms with Crippen molar-refractivity contribution >= 4 is 27.3 Å². The van der Waals surface area contributed by atoms with Crippen molar-refractivity contribution in [3.63, 3.8) is 0 Å². The van der Waals surface area contributed by atoms with Crippen LogP contribution in [0.3, 0.4) is 0 Å². The van der Waals surface area contributed by atoms with E-state index >= 15 is 0 Å². The van der Waals surface area contributed by atoms with Gasteiger partial charge in [-0.05, 0) is 60.9 Å². The number of sulfonamides is 1. The Morgan fingerprint density at radius 2 is 1.57 bits per heavy atom. The number of nitriles is 1. The molecule has 152 valence electrons. The first-order chi connectivity index (χ1) is 14.3. The quantitative estimate of drug-likeness (QED) is 0.627. The maximum atomic E-state index is 12.6. The first-order valence-electron chi connectivity index (χ1n) is 9.26. The molecule has 2 N–H and O–H groups in total. The third kappa shape index (κ3) is 5.04. The highest BCUT2D eigenvalue weighted by molar-refractivity contribution is 7.92. The Kier molecular flexibility index (Phi) is 6.19. The molecule has 0 aliphatic rings. The first kappa shape index (κ1) is 21.1. The molecule has 0 unspecified atom stereocenters. The number of nitrogens with zero attached hydrogens (tertiary/aromatic N) is 1. The van der Waals surface area contributed by atoms with Gasteiger partial charge in [0.05, 0.1) is 28.6 Å². The van der Waals surface area contributed by atoms with Crippen LogP contribution in [-0.2, 0) is 21.2 Å². The predicted octanol–water partition coefficient (Wildman–Crippen LogP) is 4.16. The van der Waals surface area contributed by atoms with Crippen LogP contribution in [-0.4, -0.2) is 14.3 Å². The summed E-state index contributed by atoms with van der Waals surface area (Å²) < 4.78 is 27.9. The van der Waals surface area contributed by atoms with E-state index in [0.717, 1.165) is 16.7 Å². The van der Waals surface area contributed by atoms with E-state index in [1.165, 1.54) is 12.1 Å². The normalized spacial score (nSPS) is 10.8. The zero-order chi connectivity index (χ0) is 21.7. The van der Waals surface area contributed by atoms with Crippen molar-refractivity contribution in [2.75, 3.05) is 10.0 Å². The fourth-order valence-corrected chi connectivity index (χ4v) is 4.12. The zero-order valence-corrected chi connectivity index (χ0v) is 17.5. The zero-order valence-electron chi connectivity index (χ0n) is 16.6. The second-order valence-electron chi connectivity index (χ2n) is 6.93. The smallest absolute Gasteiger partial charge is 0.261 e. The highest BCUT2D eigenvalue weighted by atomic mass is 32.2. The fraction of sp³-hybridized carbons (Fsp3) is 0.130. The number of rotatable bonds is 6. The summed E-state index contributed by atoms with van der Waals surface area (Å²) in [4.78, 5) is 12.6. The van der Waals surface area contributed by atoms with E-state index in [4.69, 9.17) is 5.26 Å². The summed E-state index contributed by atoms with van der Waals surface area (Å²) in [5, 5.41) is 11.7. The molecule has 0 fully saturated rings. The van der Waals surface area contributed by atoms with Crippen molar-refractivity contribution < 1.29 is 13.2 Å². The summed E-state index contributed by atoms with van der Waals surface area (Å²) >= 11 is 0. The van der Waals surface area contributed by atoms with Gasteiger partial charge in [0.15, 0.2) is 0 Å². The Labute approximate surface area is 176 Å². The molecule has 0 aliphatic heterocycles. The second kappa shape index (κ2) is 8.80. The molecule has 0 aliphatic carbocycles. The maximum Gasteiger partial charge on any atom is 0.261 e. The van der Waals surface area contributed by atoms with Crippen LogP contribution in [0.15, 0.2) is 71.6 Å². The van der Waals surface area contributed by atoms with Crippen LogP contribution < -0.4 is 10.0 Å². The highest BCUT2D eigenvalue weighted by Crippen LogP contribution is 2.27. The number of hydrogen-bond acceptors (Lipinski definition) is 4. The molecule has 0 bridgehead atoms. The van der Waals surface area contributed by atoms with Gasteiger partial charge < -0.3 is 5.32 Å². The van der Waals surface area contributed by atoms with Gasteiger partial charge in [0, 0.05) is 5.69 Å². The topological polar surface area (TPSA) is 99.1 Å². The molecular weight excluding hydrogens is 398 g/mol. The summed E-state index contributed by atoms with van der Waals surface area (Å²) in [6.07, 6.45) is 0.143. The van der Waals surface area contributed by atoms with E-state index in [0.29, 0.717) is 16.9 Å². The van der Waals surface area contributed by atoms with Crippen LogP contribution in [0.2, 0.25) is 0 Å². The van der Waals surface area contributed by atoms with E-state index in [2.05, 4.69) is 10.0 Å². The van der Waals surface area contributed by atoms with Gasteiger partial charge in [-0.25, -0.2) is 8.42 Å². The first-order valence-corrected chi connectivity index (χ1v) is 10.7. The number of anilines is 2. The SMILES string of the molecule is Cc1cc(C)c(NS(=O)(=O)c2ccccc2)cc1NC(=O)Cc1ccc(C#N)cc1. The van der Waals surface area contributed by atoms with Crippen LogP contribution in [0.4, 0.5) is 11.4 Å². The lowest BCUT2D eigenvalue weighted by Crippen LogP contribution is -2.17. The molecule has 0 spiro atoms. The monoisotopic (exact) mass is 419 g/mol. The van der Waals surface area contributed by atoms with E-state index in [1.807, 2.05) is 19.1 Å². The van der Waals surface area contributed by atoms with E-state index in [-0.39, 0.29) is 17.2 Å². The van der Waals surface area contributed by atoms with Crippen LogP contribution in [0, 0.1) is 25.2 Å². The molecule has 7 heteroatoms. The summed E-state index contributed by atoms with van der Waals surface area (Å²) in [7, 11) is -3.74. The minimum atomic E-state index is -3.74. The van der Waals surface area contributed by atoms with Gasteiger partial charge in [0.25, 0.3) is 10.0 Å². The lowest BCUT2D eigenvalue weighted by Gasteiger charge is -2.15. The summed E-state index contributed by atoms with van der Waals surface area (Å²) in [5.74, 6) is -0.233. The molecule has 0 radical (unpaired) electrons. The predicted molar refractivity (Wildman–Crippen MR) is 117 cm³/mol. The number of carbonyl (C=O) groups excluding carboxylic acids is 1. The van der Waals surface area contributed by atoms with Crippen LogP contribution >= 0.6 is 0 Å². The molecule has 3 aromatic rings. The third-order valence-electron chi connectivity index (χ3n) is 4.59. The van der Waals surface area contributed by atoms with Crippen molar-refractivity contribution in [3.05, 3.63) is 89.0 Å². The average molecular weight is 420 g/mol. The average Bonchev–Trinajstić information content (AvgIpc) is 2.72. The largest absolute Gasteiger partial charge is 0.325 e. The molecule has 3 aromatic carbocycles. The van der Waals surface area contributed by atoms with Gasteiger partial charge >= 0.3 is 0 Å². The van der Waals surface area contributed by atoms with Crippen molar-refractivity contribution in [3.8, 4) is 6.07 Å². The van der Waals surface area contributed by atoms with Gasteiger partial charge in [0.1, 0.15) is 0 Å². The summed E-state index contributed by atoms with van der Waals surface area (Å²) in [5.41, 5.74) is 3.81. The summed E-state index contributed by atoms with van der Waals surface area (Å²) in [6.45, 7) is 3.65. The van der Waals surface area contributed by atoms with Gasteiger partial charge in [-0.15, -0.1) is 0 Å². The lowest BCUT2D eigenvalue weighted by molar-refractivity contribution is -0.115. The van der Waals surface area contributed by atoms with Crippen molar-refractivity contribution in [2.24, 2.45) is 0 Å². The number of benzene rings is 3. The lowest BCUT2D eigenvalue weighted by atomic mass is 10.1. The molecule has 0 heterocycles. The van der Waals surface area contributed by atoms with Crippen LogP contribution in [0.1, 0.15) is 22.3 Å². The van der Waals surface area contributed by atoms with Crippen molar-refractivity contribution in [2.45, 2.75) is 25.2 Å². The fourth-order valence-electron chi connectivity index (χ4n) is 2.98. The molecule has 0 saturated carbocycles. The van der Waals surface area contributed by atoms with E-state index in [9.17, 15) is 13.2 Å². The van der Waals surface area contributed by atoms with Gasteiger partial charge in [-0.3, -0.25) is 9.52 Å². The minimum Gasteiger partial charge on any atom is -0.325 e. The number of amides is 1. The molecule has 30 heavy (non-hydrogen) atoms. The molecule has 0 atom stereocenters. The van der Waals surface area contributed by atoms with Crippen LogP contribution in [0.5, 0.6) is 0 Å². The Morgan fingerprint density at radius 3 is 2.20 bits per heavy atom. The molecule has 6 nitrogen and oxygen atoms in total. The minimum absolute atomic E-state index is 0.143. The standard InChI is InChI=1S/C23H21N3O3S/c1-16-12-17(2)22(26-30(28,29)20-6-4-3-5-7-20)14-21(16)25-23(27)13-18-8-10-19(15-24)11-9-18/h3-12,14,26H,13H2,1-2H3,(H,25,27). The Morgan fingerprint density at radius 1 is 0.933 bits per heavy atom. The molecular formula is C23H21N3O3S. The second-order valence-corrected chi connectivity index (χ2v) is 8.62. The molecule has 0 saturated heterocycles. The highest BCUT2D eigenvalue weighted by Gasteiger charge is 2.16. The molecule has 3 rings (SSSR count). The Balaban J connectivity index is 1.79. The number of aryl methyl sites for hydroxylation is 2. The van der Waals surface area contributed by atoms with Gasteiger partial charge in [-0.1, -0.05) is 36.4 Å². The number of nitrogens with one attached hydrogen (secondary N) is 2. The van der Waals surface area contributed by atoms with Crippen molar-refractivity contribution in [1.29, 1.82) is 5.26 Å². The van der Waals surface area contributed by atoms with Crippen molar-refractivity contribution in [1.82, 2.24) is 0 Å². The molecule has 0 aromatic heterocycles. The van der Waals surface area contributed by atoms with Gasteiger partial charge in [0.2, 0.25) is 5.91 Å². The summed E-state index contributed by atoms with van der Waals surface area (Å²) in [6, 6.07) is 20.4. The number of carbonyl (C=O) groups is 1.